The predicted molar refractivity (Wildman–Crippen MR) is 125 cm³/mol. The standard InChI is InChI=1S/C26H30N2O6/c29-23(25(31)32)14-27-24(30)20-12-2-1-3-13-22(20)28-26(33)34-15-21-18-10-6-4-8-16(18)17-9-5-7-11-19(17)21/h4-11,20-23,29H,1-3,12-15H2,(H,27,30)(H,28,33)(H,31,32)/t20-,22+,23?/m0/s1. The Balaban J connectivity index is 1.38. The molecule has 8 heteroatoms. The highest BCUT2D eigenvalue weighted by molar-refractivity contribution is 5.82. The van der Waals surface area contributed by atoms with Crippen molar-refractivity contribution in [3.63, 3.8) is 0 Å². The van der Waals surface area contributed by atoms with E-state index in [0.717, 1.165) is 41.5 Å². The van der Waals surface area contributed by atoms with Crippen LogP contribution in [0.25, 0.3) is 11.1 Å². The van der Waals surface area contributed by atoms with Gasteiger partial charge in [-0.25, -0.2) is 9.59 Å². The first-order valence-electron chi connectivity index (χ1n) is 11.8. The number of aliphatic hydroxyl groups excluding tert-OH is 1. The summed E-state index contributed by atoms with van der Waals surface area (Å²) in [5, 5.41) is 23.6. The molecule has 0 radical (unpaired) electrons. The van der Waals surface area contributed by atoms with Crippen molar-refractivity contribution < 1.29 is 29.3 Å². The minimum Gasteiger partial charge on any atom is -0.479 e. The van der Waals surface area contributed by atoms with Gasteiger partial charge in [0.05, 0.1) is 12.5 Å². The van der Waals surface area contributed by atoms with Gasteiger partial charge in [-0.3, -0.25) is 4.79 Å². The van der Waals surface area contributed by atoms with Crippen molar-refractivity contribution in [2.75, 3.05) is 13.2 Å². The molecule has 0 bridgehead atoms. The Morgan fingerprint density at radius 2 is 1.56 bits per heavy atom. The summed E-state index contributed by atoms with van der Waals surface area (Å²) in [4.78, 5) is 36.3. The van der Waals surface area contributed by atoms with Crippen molar-refractivity contribution in [2.24, 2.45) is 5.92 Å². The molecule has 34 heavy (non-hydrogen) atoms. The highest BCUT2D eigenvalue weighted by Gasteiger charge is 2.33. The first-order chi connectivity index (χ1) is 16.5. The van der Waals surface area contributed by atoms with Crippen LogP contribution in [0.4, 0.5) is 4.79 Å². The summed E-state index contributed by atoms with van der Waals surface area (Å²) < 4.78 is 5.64. The molecule has 0 saturated heterocycles. The molecule has 1 fully saturated rings. The van der Waals surface area contributed by atoms with Crippen molar-refractivity contribution in [1.82, 2.24) is 10.6 Å². The topological polar surface area (TPSA) is 125 Å². The first-order valence-corrected chi connectivity index (χ1v) is 11.8. The molecule has 4 N–H and O–H groups in total. The number of fused-ring (bicyclic) bond motifs is 3. The van der Waals surface area contributed by atoms with E-state index in [1.54, 1.807) is 0 Å². The van der Waals surface area contributed by atoms with Gasteiger partial charge in [-0.15, -0.1) is 0 Å². The summed E-state index contributed by atoms with van der Waals surface area (Å²) in [6.07, 6.45) is 1.62. The third-order valence-corrected chi connectivity index (χ3v) is 6.75. The highest BCUT2D eigenvalue weighted by atomic mass is 16.5. The second kappa shape index (κ2) is 10.7. The minimum atomic E-state index is -1.66. The molecule has 1 unspecified atom stereocenters. The second-order valence-electron chi connectivity index (χ2n) is 8.92. The number of amides is 2. The van der Waals surface area contributed by atoms with E-state index in [1.165, 1.54) is 0 Å². The Bertz CT molecular complexity index is 1010. The van der Waals surface area contributed by atoms with Crippen LogP contribution in [-0.2, 0) is 14.3 Å². The van der Waals surface area contributed by atoms with Crippen LogP contribution in [0.1, 0.15) is 49.1 Å². The van der Waals surface area contributed by atoms with Crippen LogP contribution in [0, 0.1) is 5.92 Å². The summed E-state index contributed by atoms with van der Waals surface area (Å²) in [5.41, 5.74) is 4.55. The summed E-state index contributed by atoms with van der Waals surface area (Å²) in [6, 6.07) is 15.8. The molecule has 3 atom stereocenters. The van der Waals surface area contributed by atoms with Crippen LogP contribution in [-0.4, -0.2) is 53.5 Å². The van der Waals surface area contributed by atoms with Gasteiger partial charge in [-0.2, -0.15) is 0 Å². The lowest BCUT2D eigenvalue weighted by Crippen LogP contribution is -2.48. The van der Waals surface area contributed by atoms with Gasteiger partial charge >= 0.3 is 12.1 Å². The fraction of sp³-hybridized carbons (Fsp3) is 0.423. The molecule has 1 saturated carbocycles. The summed E-state index contributed by atoms with van der Waals surface area (Å²) >= 11 is 0. The zero-order chi connectivity index (χ0) is 24.1. The third kappa shape index (κ3) is 5.22. The normalized spacial score (nSPS) is 20.4. The zero-order valence-corrected chi connectivity index (χ0v) is 18.9. The minimum absolute atomic E-state index is 0.0520. The van der Waals surface area contributed by atoms with E-state index in [4.69, 9.17) is 9.84 Å². The van der Waals surface area contributed by atoms with Gasteiger partial charge in [0, 0.05) is 12.0 Å². The van der Waals surface area contributed by atoms with E-state index < -0.39 is 30.1 Å². The van der Waals surface area contributed by atoms with E-state index in [0.29, 0.717) is 12.8 Å². The van der Waals surface area contributed by atoms with Gasteiger partial charge in [0.1, 0.15) is 6.61 Å². The van der Waals surface area contributed by atoms with Gasteiger partial charge in [-0.05, 0) is 35.1 Å². The zero-order valence-electron chi connectivity index (χ0n) is 18.9. The first kappa shape index (κ1) is 23.8. The molecule has 2 aromatic carbocycles. The Morgan fingerprint density at radius 3 is 2.21 bits per heavy atom. The summed E-state index contributed by atoms with van der Waals surface area (Å²) in [6.45, 7) is -0.184. The number of alkyl carbamates (subject to hydrolysis) is 1. The van der Waals surface area contributed by atoms with Crippen LogP contribution in [0.15, 0.2) is 48.5 Å². The largest absolute Gasteiger partial charge is 0.479 e. The maximum atomic E-state index is 12.7. The van der Waals surface area contributed by atoms with Gasteiger partial charge in [0.15, 0.2) is 6.10 Å². The fourth-order valence-electron chi connectivity index (χ4n) is 5.00. The number of nitrogens with one attached hydrogen (secondary N) is 2. The molecule has 0 heterocycles. The van der Waals surface area contributed by atoms with Crippen molar-refractivity contribution in [3.8, 4) is 11.1 Å². The molecule has 2 aromatic rings. The number of carbonyl (C=O) groups excluding carboxylic acids is 2. The Kier molecular flexibility index (Phi) is 7.47. The quantitative estimate of drug-likeness (QED) is 0.465. The fourth-order valence-corrected chi connectivity index (χ4v) is 5.00. The molecule has 0 aliphatic heterocycles. The highest BCUT2D eigenvalue weighted by Crippen LogP contribution is 2.44. The van der Waals surface area contributed by atoms with Crippen molar-refractivity contribution in [3.05, 3.63) is 59.7 Å². The Morgan fingerprint density at radius 1 is 0.941 bits per heavy atom. The van der Waals surface area contributed by atoms with Gasteiger partial charge < -0.3 is 25.6 Å². The van der Waals surface area contributed by atoms with Crippen molar-refractivity contribution in [1.29, 1.82) is 0 Å². The summed E-state index contributed by atoms with van der Waals surface area (Å²) in [5.74, 6) is -2.33. The summed E-state index contributed by atoms with van der Waals surface area (Å²) in [7, 11) is 0. The van der Waals surface area contributed by atoms with Crippen molar-refractivity contribution in [2.45, 2.75) is 50.2 Å². The lowest BCUT2D eigenvalue weighted by Gasteiger charge is -2.25. The number of aliphatic carboxylic acids is 1. The Labute approximate surface area is 198 Å². The molecular formula is C26H30N2O6. The number of hydrogen-bond donors (Lipinski definition) is 4. The van der Waals surface area contributed by atoms with E-state index >= 15 is 0 Å². The molecule has 0 aromatic heterocycles. The average Bonchev–Trinajstić information content (AvgIpc) is 2.97. The van der Waals surface area contributed by atoms with Crippen LogP contribution in [0.3, 0.4) is 0 Å². The number of carboxylic acid groups (broad SMARTS) is 1. The number of carboxylic acids is 1. The van der Waals surface area contributed by atoms with Crippen LogP contribution in [0.2, 0.25) is 0 Å². The second-order valence-corrected chi connectivity index (χ2v) is 8.92. The third-order valence-electron chi connectivity index (χ3n) is 6.75. The molecular weight excluding hydrogens is 436 g/mol. The number of carbonyl (C=O) groups is 3. The maximum Gasteiger partial charge on any atom is 0.407 e. The van der Waals surface area contributed by atoms with Crippen LogP contribution in [0.5, 0.6) is 0 Å². The van der Waals surface area contributed by atoms with Crippen molar-refractivity contribution >= 4 is 18.0 Å². The number of ether oxygens (including phenoxy) is 1. The SMILES string of the molecule is O=C(N[C@@H]1CCCCC[C@@H]1C(=O)NCC(O)C(=O)O)OCC1c2ccccc2-c2ccccc21. The molecule has 2 aliphatic rings. The van der Waals surface area contributed by atoms with Gasteiger partial charge in [0.2, 0.25) is 5.91 Å². The average molecular weight is 467 g/mol. The molecule has 8 nitrogen and oxygen atoms in total. The molecule has 180 valence electrons. The number of hydrogen-bond acceptors (Lipinski definition) is 5. The lowest BCUT2D eigenvalue weighted by molar-refractivity contribution is -0.146. The molecule has 2 amide bonds. The van der Waals surface area contributed by atoms with E-state index in [1.807, 2.05) is 24.3 Å². The maximum absolute atomic E-state index is 12.7. The van der Waals surface area contributed by atoms with Crippen LogP contribution < -0.4 is 10.6 Å². The number of aliphatic hydroxyl groups is 1. The van der Waals surface area contributed by atoms with E-state index in [9.17, 15) is 19.5 Å². The molecule has 2 aliphatic carbocycles. The molecule has 0 spiro atoms. The number of benzene rings is 2. The van der Waals surface area contributed by atoms with Gasteiger partial charge in [0.25, 0.3) is 0 Å². The monoisotopic (exact) mass is 466 g/mol. The van der Waals surface area contributed by atoms with Gasteiger partial charge in [-0.1, -0.05) is 67.8 Å². The molecule has 4 rings (SSSR count). The van der Waals surface area contributed by atoms with E-state index in [2.05, 4.69) is 34.9 Å². The number of rotatable bonds is 7. The van der Waals surface area contributed by atoms with Crippen LogP contribution >= 0.6 is 0 Å². The Hall–Kier alpha value is -3.39. The smallest absolute Gasteiger partial charge is 0.407 e. The lowest BCUT2D eigenvalue weighted by atomic mass is 9.93. The predicted octanol–water partition coefficient (Wildman–Crippen LogP) is 3.04. The van der Waals surface area contributed by atoms with E-state index in [-0.39, 0.29) is 25.0 Å².